The quantitative estimate of drug-likeness (QED) is 0.318. The molecule has 1 aliphatic rings. The van der Waals surface area contributed by atoms with Gasteiger partial charge in [-0.2, -0.15) is 0 Å². The highest BCUT2D eigenvalue weighted by atomic mass is 35.5. The Labute approximate surface area is 218 Å². The second-order valence-corrected chi connectivity index (χ2v) is 8.34. The zero-order chi connectivity index (χ0) is 26.4. The van der Waals surface area contributed by atoms with Crippen LogP contribution < -0.4 is 24.8 Å². The van der Waals surface area contributed by atoms with Crippen LogP contribution in [-0.2, 0) is 16.2 Å². The van der Waals surface area contributed by atoms with E-state index in [1.807, 2.05) is 30.3 Å². The van der Waals surface area contributed by atoms with Crippen LogP contribution in [0.4, 0.5) is 10.5 Å². The second kappa shape index (κ2) is 11.5. The van der Waals surface area contributed by atoms with E-state index in [0.717, 1.165) is 10.5 Å². The first-order chi connectivity index (χ1) is 17.9. The van der Waals surface area contributed by atoms with Gasteiger partial charge in [-0.3, -0.25) is 9.59 Å². The largest absolute Gasteiger partial charge is 0.495 e. The lowest BCUT2D eigenvalue weighted by Crippen LogP contribution is -2.38. The van der Waals surface area contributed by atoms with Crippen molar-refractivity contribution in [1.29, 1.82) is 0 Å². The molecule has 4 amide bonds. The van der Waals surface area contributed by atoms with E-state index in [0.29, 0.717) is 28.5 Å². The van der Waals surface area contributed by atoms with E-state index in [1.54, 1.807) is 36.4 Å². The monoisotopic (exact) mass is 521 g/mol. The van der Waals surface area contributed by atoms with Crippen molar-refractivity contribution in [2.45, 2.75) is 6.61 Å². The lowest BCUT2D eigenvalue weighted by Gasteiger charge is -2.14. The molecule has 10 heteroatoms. The van der Waals surface area contributed by atoms with Gasteiger partial charge in [-0.1, -0.05) is 54.1 Å². The highest BCUT2D eigenvalue weighted by Crippen LogP contribution is 2.37. The van der Waals surface area contributed by atoms with Crippen molar-refractivity contribution in [2.24, 2.45) is 0 Å². The highest BCUT2D eigenvalue weighted by molar-refractivity contribution is 6.32. The molecule has 0 aliphatic carbocycles. The van der Waals surface area contributed by atoms with Crippen LogP contribution in [0.1, 0.15) is 11.1 Å². The molecule has 3 aromatic carbocycles. The van der Waals surface area contributed by atoms with Gasteiger partial charge >= 0.3 is 6.03 Å². The van der Waals surface area contributed by atoms with Crippen molar-refractivity contribution >= 4 is 41.2 Å². The van der Waals surface area contributed by atoms with Crippen molar-refractivity contribution in [3.8, 4) is 17.2 Å². The summed E-state index contributed by atoms with van der Waals surface area (Å²) in [4.78, 5) is 38.6. The fourth-order valence-electron chi connectivity index (χ4n) is 3.66. The number of hydrogen-bond donors (Lipinski definition) is 2. The Hall–Kier alpha value is -4.50. The molecule has 2 N–H and O–H groups in total. The topological polar surface area (TPSA) is 106 Å². The van der Waals surface area contributed by atoms with E-state index in [4.69, 9.17) is 25.8 Å². The van der Waals surface area contributed by atoms with Crippen LogP contribution in [0.25, 0.3) is 6.08 Å². The Kier molecular flexibility index (Phi) is 7.95. The third kappa shape index (κ3) is 6.02. The van der Waals surface area contributed by atoms with Gasteiger partial charge in [-0.25, -0.2) is 9.69 Å². The predicted octanol–water partition coefficient (Wildman–Crippen LogP) is 4.47. The van der Waals surface area contributed by atoms with Gasteiger partial charge in [0.05, 0.1) is 24.9 Å². The molecule has 190 valence electrons. The molecule has 1 aliphatic heterocycles. The minimum atomic E-state index is -0.715. The number of amides is 4. The predicted molar refractivity (Wildman–Crippen MR) is 139 cm³/mol. The molecular formula is C27H24ClN3O6. The van der Waals surface area contributed by atoms with Gasteiger partial charge in [0.15, 0.2) is 11.5 Å². The molecule has 0 aromatic heterocycles. The molecule has 9 nitrogen and oxygen atoms in total. The van der Waals surface area contributed by atoms with Crippen LogP contribution in [0.15, 0.2) is 72.4 Å². The van der Waals surface area contributed by atoms with Crippen molar-refractivity contribution in [1.82, 2.24) is 10.2 Å². The van der Waals surface area contributed by atoms with E-state index >= 15 is 0 Å². The van der Waals surface area contributed by atoms with Gasteiger partial charge in [0.1, 0.15) is 24.6 Å². The van der Waals surface area contributed by atoms with Crippen LogP contribution in [0.3, 0.4) is 0 Å². The maximum absolute atomic E-state index is 12.9. The Morgan fingerprint density at radius 1 is 1.00 bits per heavy atom. The Balaban J connectivity index is 1.47. The van der Waals surface area contributed by atoms with Crippen LogP contribution >= 0.6 is 11.6 Å². The summed E-state index contributed by atoms with van der Waals surface area (Å²) in [7, 11) is 2.95. The fourth-order valence-corrected chi connectivity index (χ4v) is 3.93. The van der Waals surface area contributed by atoms with Crippen LogP contribution in [0.5, 0.6) is 17.2 Å². The zero-order valence-electron chi connectivity index (χ0n) is 20.1. The highest BCUT2D eigenvalue weighted by Gasteiger charge is 2.35. The van der Waals surface area contributed by atoms with E-state index < -0.39 is 24.4 Å². The molecule has 1 fully saturated rings. The number of rotatable bonds is 9. The number of anilines is 1. The number of carbonyl (C=O) groups is 3. The lowest BCUT2D eigenvalue weighted by molar-refractivity contribution is -0.127. The molecule has 0 bridgehead atoms. The molecule has 0 unspecified atom stereocenters. The standard InChI is InChI=1S/C27H24ClN3O6/c1-35-22-11-7-6-10-20(22)29-24(32)15-31-26(33)21(30-27(31)34)13-18-12-19(28)25(23(14-18)36-2)37-16-17-8-4-3-5-9-17/h3-14H,15-16H2,1-2H3,(H,29,32)(H,30,34)/b21-13+. The molecule has 1 saturated heterocycles. The summed E-state index contributed by atoms with van der Waals surface area (Å²) in [5, 5.41) is 5.40. The molecule has 1 heterocycles. The van der Waals surface area contributed by atoms with Crippen LogP contribution in [0.2, 0.25) is 5.02 Å². The fraction of sp³-hybridized carbons (Fsp3) is 0.148. The number of benzene rings is 3. The van der Waals surface area contributed by atoms with Gasteiger partial charge in [0.25, 0.3) is 5.91 Å². The third-order valence-corrected chi connectivity index (χ3v) is 5.71. The molecule has 37 heavy (non-hydrogen) atoms. The maximum atomic E-state index is 12.9. The van der Waals surface area contributed by atoms with Gasteiger partial charge in [0, 0.05) is 0 Å². The normalized spacial score (nSPS) is 13.9. The third-order valence-electron chi connectivity index (χ3n) is 5.43. The number of ether oxygens (including phenoxy) is 3. The Morgan fingerprint density at radius 2 is 1.70 bits per heavy atom. The molecule has 0 saturated carbocycles. The number of urea groups is 1. The molecule has 0 radical (unpaired) electrons. The molecule has 0 spiro atoms. The molecule has 4 rings (SSSR count). The molecule has 3 aromatic rings. The number of nitrogens with zero attached hydrogens (tertiary/aromatic N) is 1. The summed E-state index contributed by atoms with van der Waals surface area (Å²) in [5.41, 5.74) is 1.87. The van der Waals surface area contributed by atoms with Gasteiger partial charge in [0.2, 0.25) is 5.91 Å². The number of imide groups is 1. The average molecular weight is 522 g/mol. The summed E-state index contributed by atoms with van der Waals surface area (Å²) in [5.74, 6) is -0.0408. The molecular weight excluding hydrogens is 498 g/mol. The van der Waals surface area contributed by atoms with Gasteiger partial charge in [-0.05, 0) is 41.5 Å². The number of nitrogens with one attached hydrogen (secondary N) is 2. The van der Waals surface area contributed by atoms with Gasteiger partial charge < -0.3 is 24.8 Å². The number of halogens is 1. The van der Waals surface area contributed by atoms with Crippen LogP contribution in [-0.4, -0.2) is 43.5 Å². The SMILES string of the molecule is COc1ccccc1NC(=O)CN1C(=O)N/C(=C/c2cc(Cl)c(OCc3ccccc3)c(OC)c2)C1=O. The van der Waals surface area contributed by atoms with Crippen molar-refractivity contribution in [2.75, 3.05) is 26.1 Å². The first kappa shape index (κ1) is 25.6. The first-order valence-electron chi connectivity index (χ1n) is 11.2. The van der Waals surface area contributed by atoms with E-state index in [-0.39, 0.29) is 17.3 Å². The number of hydrogen-bond acceptors (Lipinski definition) is 6. The number of para-hydroxylation sites is 2. The van der Waals surface area contributed by atoms with Crippen LogP contribution in [0, 0.1) is 0 Å². The summed E-state index contributed by atoms with van der Waals surface area (Å²) >= 11 is 6.45. The summed E-state index contributed by atoms with van der Waals surface area (Å²) < 4.78 is 16.5. The van der Waals surface area contributed by atoms with Crippen molar-refractivity contribution in [3.63, 3.8) is 0 Å². The Morgan fingerprint density at radius 3 is 2.43 bits per heavy atom. The first-order valence-corrected chi connectivity index (χ1v) is 11.6. The minimum Gasteiger partial charge on any atom is -0.495 e. The smallest absolute Gasteiger partial charge is 0.329 e. The van der Waals surface area contributed by atoms with Crippen molar-refractivity contribution in [3.05, 3.63) is 88.6 Å². The average Bonchev–Trinajstić information content (AvgIpc) is 3.15. The minimum absolute atomic E-state index is 0.00818. The van der Waals surface area contributed by atoms with Gasteiger partial charge in [-0.15, -0.1) is 0 Å². The second-order valence-electron chi connectivity index (χ2n) is 7.94. The summed E-state index contributed by atoms with van der Waals surface area (Å²) in [6.45, 7) is -0.186. The van der Waals surface area contributed by atoms with E-state index in [2.05, 4.69) is 10.6 Å². The summed E-state index contributed by atoms with van der Waals surface area (Å²) in [6, 6.07) is 18.9. The zero-order valence-corrected chi connectivity index (χ0v) is 20.9. The maximum Gasteiger partial charge on any atom is 0.329 e. The Bertz CT molecular complexity index is 1360. The number of carbonyl (C=O) groups excluding carboxylic acids is 3. The van der Waals surface area contributed by atoms with E-state index in [9.17, 15) is 14.4 Å². The number of methoxy groups -OCH3 is 2. The summed E-state index contributed by atoms with van der Waals surface area (Å²) in [6.07, 6.45) is 1.45. The lowest BCUT2D eigenvalue weighted by atomic mass is 10.1. The van der Waals surface area contributed by atoms with Crippen molar-refractivity contribution < 1.29 is 28.6 Å². The van der Waals surface area contributed by atoms with E-state index in [1.165, 1.54) is 20.3 Å². The molecule has 0 atom stereocenters.